The number of aromatic nitrogens is 1. The summed E-state index contributed by atoms with van der Waals surface area (Å²) in [5.41, 5.74) is 2.90. The number of carbonyl (C=O) groups excluding carboxylic acids is 2. The predicted molar refractivity (Wildman–Crippen MR) is 108 cm³/mol. The van der Waals surface area contributed by atoms with Crippen LogP contribution in [-0.2, 0) is 0 Å². The number of carbonyl (C=O) groups is 2. The molecular weight excluding hydrogens is 385 g/mol. The standard InChI is InChI=1S/C20H17Cl2N3O2/c1-10-2-3-11(19(26)23-13-5-6-13)8-16(10)25-20(27)18-17(22)14-9-12(21)4-7-15(14)24-18/h2-4,7-9,13,24H,5-6H2,1H3,(H,23,26)(H,25,27). The molecule has 2 aromatic carbocycles. The number of aryl methyl sites for hydroxylation is 1. The lowest BCUT2D eigenvalue weighted by molar-refractivity contribution is 0.0949. The number of rotatable bonds is 4. The zero-order valence-corrected chi connectivity index (χ0v) is 16.0. The molecule has 0 unspecified atom stereocenters. The molecule has 1 aliphatic rings. The van der Waals surface area contributed by atoms with Crippen molar-refractivity contribution in [2.45, 2.75) is 25.8 Å². The van der Waals surface area contributed by atoms with E-state index in [-0.39, 0.29) is 23.6 Å². The van der Waals surface area contributed by atoms with Gasteiger partial charge in [0.25, 0.3) is 11.8 Å². The van der Waals surface area contributed by atoms with E-state index < -0.39 is 0 Å². The summed E-state index contributed by atoms with van der Waals surface area (Å²) in [7, 11) is 0. The number of H-pyrrole nitrogens is 1. The largest absolute Gasteiger partial charge is 0.349 e. The van der Waals surface area contributed by atoms with E-state index in [1.54, 1.807) is 30.3 Å². The van der Waals surface area contributed by atoms with E-state index in [0.717, 1.165) is 23.9 Å². The van der Waals surface area contributed by atoms with E-state index >= 15 is 0 Å². The first-order chi connectivity index (χ1) is 12.9. The molecule has 5 nitrogen and oxygen atoms in total. The van der Waals surface area contributed by atoms with Gasteiger partial charge < -0.3 is 15.6 Å². The first-order valence-corrected chi connectivity index (χ1v) is 9.37. The molecule has 0 atom stereocenters. The monoisotopic (exact) mass is 401 g/mol. The first kappa shape index (κ1) is 17.9. The normalized spacial score (nSPS) is 13.6. The Morgan fingerprint density at radius 2 is 1.85 bits per heavy atom. The number of anilines is 1. The first-order valence-electron chi connectivity index (χ1n) is 8.62. The van der Waals surface area contributed by atoms with Gasteiger partial charge in [-0.3, -0.25) is 9.59 Å². The molecule has 1 heterocycles. The molecule has 0 radical (unpaired) electrons. The molecule has 2 amide bonds. The minimum atomic E-state index is -0.379. The van der Waals surface area contributed by atoms with Gasteiger partial charge in [-0.1, -0.05) is 29.3 Å². The van der Waals surface area contributed by atoms with Gasteiger partial charge in [0.15, 0.2) is 0 Å². The van der Waals surface area contributed by atoms with Gasteiger partial charge in [-0.25, -0.2) is 0 Å². The highest BCUT2D eigenvalue weighted by Gasteiger charge is 2.24. The predicted octanol–water partition coefficient (Wildman–Crippen LogP) is 4.93. The average Bonchev–Trinajstić information content (AvgIpc) is 3.39. The molecule has 0 spiro atoms. The fraction of sp³-hybridized carbons (Fsp3) is 0.200. The van der Waals surface area contributed by atoms with Crippen LogP contribution >= 0.6 is 23.2 Å². The van der Waals surface area contributed by atoms with Gasteiger partial charge >= 0.3 is 0 Å². The Morgan fingerprint density at radius 3 is 2.59 bits per heavy atom. The summed E-state index contributed by atoms with van der Waals surface area (Å²) in [5, 5.41) is 7.32. The molecule has 4 rings (SSSR count). The number of amides is 2. The second-order valence-corrected chi connectivity index (χ2v) is 7.55. The van der Waals surface area contributed by atoms with Gasteiger partial charge in [0.1, 0.15) is 5.69 Å². The third-order valence-electron chi connectivity index (χ3n) is 4.58. The maximum absolute atomic E-state index is 12.8. The minimum absolute atomic E-state index is 0.133. The van der Waals surface area contributed by atoms with Crippen molar-refractivity contribution in [3.05, 3.63) is 63.3 Å². The Kier molecular flexibility index (Phi) is 4.58. The molecule has 0 aliphatic heterocycles. The Bertz CT molecular complexity index is 1070. The van der Waals surface area contributed by atoms with Crippen LogP contribution in [0.1, 0.15) is 39.3 Å². The van der Waals surface area contributed by atoms with Crippen LogP contribution in [0.4, 0.5) is 5.69 Å². The molecular formula is C20H17Cl2N3O2. The van der Waals surface area contributed by atoms with Crippen LogP contribution in [0.5, 0.6) is 0 Å². The van der Waals surface area contributed by atoms with E-state index in [1.165, 1.54) is 0 Å². The number of hydrogen-bond acceptors (Lipinski definition) is 2. The molecule has 1 fully saturated rings. The minimum Gasteiger partial charge on any atom is -0.349 e. The van der Waals surface area contributed by atoms with Crippen LogP contribution in [0.2, 0.25) is 10.0 Å². The van der Waals surface area contributed by atoms with Crippen LogP contribution < -0.4 is 10.6 Å². The summed E-state index contributed by atoms with van der Waals surface area (Å²) in [6.45, 7) is 1.87. The third kappa shape index (κ3) is 3.66. The number of hydrogen-bond donors (Lipinski definition) is 3. The fourth-order valence-electron chi connectivity index (χ4n) is 2.87. The van der Waals surface area contributed by atoms with Crippen molar-refractivity contribution in [3.8, 4) is 0 Å². The molecule has 3 N–H and O–H groups in total. The summed E-state index contributed by atoms with van der Waals surface area (Å²) < 4.78 is 0. The maximum Gasteiger partial charge on any atom is 0.273 e. The number of halogens is 2. The van der Waals surface area contributed by atoms with Crippen molar-refractivity contribution in [2.24, 2.45) is 0 Å². The summed E-state index contributed by atoms with van der Waals surface area (Å²) >= 11 is 12.4. The average molecular weight is 402 g/mol. The summed E-state index contributed by atoms with van der Waals surface area (Å²) in [4.78, 5) is 28.0. The molecule has 0 saturated heterocycles. The highest BCUT2D eigenvalue weighted by Crippen LogP contribution is 2.30. The van der Waals surface area contributed by atoms with Gasteiger partial charge in [-0.2, -0.15) is 0 Å². The van der Waals surface area contributed by atoms with Crippen molar-refractivity contribution in [1.82, 2.24) is 10.3 Å². The van der Waals surface area contributed by atoms with E-state index in [4.69, 9.17) is 23.2 Å². The molecule has 1 aromatic heterocycles. The van der Waals surface area contributed by atoms with Crippen LogP contribution in [0.3, 0.4) is 0 Å². The van der Waals surface area contributed by atoms with Gasteiger partial charge in [-0.05, 0) is 55.7 Å². The van der Waals surface area contributed by atoms with Gasteiger partial charge in [0.2, 0.25) is 0 Å². The Balaban J connectivity index is 1.60. The van der Waals surface area contributed by atoms with E-state index in [0.29, 0.717) is 26.7 Å². The van der Waals surface area contributed by atoms with Crippen molar-refractivity contribution < 1.29 is 9.59 Å². The van der Waals surface area contributed by atoms with Crippen molar-refractivity contribution in [3.63, 3.8) is 0 Å². The van der Waals surface area contributed by atoms with Crippen LogP contribution in [0.25, 0.3) is 10.9 Å². The lowest BCUT2D eigenvalue weighted by Gasteiger charge is -2.10. The number of benzene rings is 2. The Hall–Kier alpha value is -2.50. The molecule has 0 bridgehead atoms. The van der Waals surface area contributed by atoms with Gasteiger partial charge in [-0.15, -0.1) is 0 Å². The zero-order valence-electron chi connectivity index (χ0n) is 14.5. The van der Waals surface area contributed by atoms with Crippen molar-refractivity contribution in [2.75, 3.05) is 5.32 Å². The van der Waals surface area contributed by atoms with E-state index in [9.17, 15) is 9.59 Å². The number of aromatic amines is 1. The van der Waals surface area contributed by atoms with Crippen LogP contribution in [-0.4, -0.2) is 22.8 Å². The molecule has 7 heteroatoms. The van der Waals surface area contributed by atoms with Crippen LogP contribution in [0, 0.1) is 6.92 Å². The zero-order chi connectivity index (χ0) is 19.1. The van der Waals surface area contributed by atoms with Crippen LogP contribution in [0.15, 0.2) is 36.4 Å². The Labute approximate surface area is 166 Å². The smallest absolute Gasteiger partial charge is 0.273 e. The fourth-order valence-corrected chi connectivity index (χ4v) is 3.33. The van der Waals surface area contributed by atoms with E-state index in [1.807, 2.05) is 13.0 Å². The SMILES string of the molecule is Cc1ccc(C(=O)NC2CC2)cc1NC(=O)c1[nH]c2ccc(Cl)cc2c1Cl. The summed E-state index contributed by atoms with van der Waals surface area (Å²) in [6.07, 6.45) is 2.04. The second-order valence-electron chi connectivity index (χ2n) is 6.74. The second kappa shape index (κ2) is 6.91. The maximum atomic E-state index is 12.8. The highest BCUT2D eigenvalue weighted by atomic mass is 35.5. The van der Waals surface area contributed by atoms with Gasteiger partial charge in [0.05, 0.1) is 5.02 Å². The lowest BCUT2D eigenvalue weighted by Crippen LogP contribution is -2.25. The van der Waals surface area contributed by atoms with E-state index in [2.05, 4.69) is 15.6 Å². The molecule has 1 aliphatic carbocycles. The van der Waals surface area contributed by atoms with Crippen molar-refractivity contribution >= 4 is 51.6 Å². The van der Waals surface area contributed by atoms with Crippen molar-refractivity contribution in [1.29, 1.82) is 0 Å². The number of nitrogens with one attached hydrogen (secondary N) is 3. The molecule has 138 valence electrons. The number of fused-ring (bicyclic) bond motifs is 1. The summed E-state index contributed by atoms with van der Waals surface area (Å²) in [6, 6.07) is 10.7. The Morgan fingerprint density at radius 1 is 1.07 bits per heavy atom. The molecule has 27 heavy (non-hydrogen) atoms. The highest BCUT2D eigenvalue weighted by molar-refractivity contribution is 6.40. The lowest BCUT2D eigenvalue weighted by atomic mass is 10.1. The third-order valence-corrected chi connectivity index (χ3v) is 5.21. The molecule has 3 aromatic rings. The quantitative estimate of drug-likeness (QED) is 0.579. The summed E-state index contributed by atoms with van der Waals surface area (Å²) in [5.74, 6) is -0.513. The molecule has 1 saturated carbocycles. The topological polar surface area (TPSA) is 74.0 Å². The van der Waals surface area contributed by atoms with Gasteiger partial charge in [0, 0.05) is 33.2 Å².